The van der Waals surface area contributed by atoms with Crippen LogP contribution >= 0.6 is 0 Å². The van der Waals surface area contributed by atoms with Crippen molar-refractivity contribution in [3.63, 3.8) is 0 Å². The SMILES string of the molecule is COc1ccc(C(=O)C2CCN(Cc3nc(-c4ccccc4OC(F)F)no3)CC2)cc1. The van der Waals surface area contributed by atoms with Gasteiger partial charge in [-0.3, -0.25) is 9.69 Å². The van der Waals surface area contributed by atoms with Gasteiger partial charge in [-0.15, -0.1) is 0 Å². The summed E-state index contributed by atoms with van der Waals surface area (Å²) in [7, 11) is 1.59. The molecule has 32 heavy (non-hydrogen) atoms. The van der Waals surface area contributed by atoms with Gasteiger partial charge in [0, 0.05) is 11.5 Å². The van der Waals surface area contributed by atoms with Crippen LogP contribution in [0.15, 0.2) is 53.1 Å². The van der Waals surface area contributed by atoms with E-state index >= 15 is 0 Å². The van der Waals surface area contributed by atoms with Gasteiger partial charge in [0.1, 0.15) is 11.5 Å². The highest BCUT2D eigenvalue weighted by Crippen LogP contribution is 2.29. The number of para-hydroxylation sites is 1. The van der Waals surface area contributed by atoms with E-state index in [2.05, 4.69) is 19.8 Å². The largest absolute Gasteiger partial charge is 0.497 e. The molecule has 2 heterocycles. The third-order valence-electron chi connectivity index (χ3n) is 5.50. The summed E-state index contributed by atoms with van der Waals surface area (Å²) >= 11 is 0. The van der Waals surface area contributed by atoms with Crippen LogP contribution in [0.2, 0.25) is 0 Å². The molecule has 0 radical (unpaired) electrons. The van der Waals surface area contributed by atoms with Crippen molar-refractivity contribution >= 4 is 5.78 Å². The number of likely N-dealkylation sites (tertiary alicyclic amines) is 1. The lowest BCUT2D eigenvalue weighted by Gasteiger charge is -2.30. The molecule has 9 heteroatoms. The van der Waals surface area contributed by atoms with Gasteiger partial charge >= 0.3 is 6.61 Å². The topological polar surface area (TPSA) is 77.7 Å². The lowest BCUT2D eigenvalue weighted by molar-refractivity contribution is -0.0494. The standard InChI is InChI=1S/C23H23F2N3O4/c1-30-17-8-6-15(7-9-17)21(29)16-10-12-28(13-11-16)14-20-26-22(27-32-20)18-4-2-3-5-19(18)31-23(24)25/h2-9,16,23H,10-14H2,1H3. The minimum atomic E-state index is -2.94. The van der Waals surface area contributed by atoms with Crippen molar-refractivity contribution in [3.8, 4) is 22.9 Å². The molecule has 0 atom stereocenters. The molecule has 1 aliphatic rings. The van der Waals surface area contributed by atoms with Crippen LogP contribution in [0.3, 0.4) is 0 Å². The highest BCUT2D eigenvalue weighted by Gasteiger charge is 2.27. The van der Waals surface area contributed by atoms with Crippen LogP contribution in [0.1, 0.15) is 29.1 Å². The van der Waals surface area contributed by atoms with E-state index in [1.165, 1.54) is 6.07 Å². The molecule has 0 saturated carbocycles. The Hall–Kier alpha value is -3.33. The fraction of sp³-hybridized carbons (Fsp3) is 0.348. The molecule has 2 aromatic carbocycles. The molecule has 1 aromatic heterocycles. The zero-order valence-electron chi connectivity index (χ0n) is 17.5. The number of Topliss-reactive ketones (excluding diaryl/α,β-unsaturated/α-hetero) is 1. The predicted molar refractivity (Wildman–Crippen MR) is 112 cm³/mol. The number of benzene rings is 2. The summed E-state index contributed by atoms with van der Waals surface area (Å²) in [5.74, 6) is 1.40. The molecule has 0 bridgehead atoms. The number of hydrogen-bond acceptors (Lipinski definition) is 7. The third kappa shape index (κ3) is 5.11. The van der Waals surface area contributed by atoms with Crippen LogP contribution in [0.4, 0.5) is 8.78 Å². The summed E-state index contributed by atoms with van der Waals surface area (Å²) in [6.45, 7) is -1.08. The number of carbonyl (C=O) groups is 1. The van der Waals surface area contributed by atoms with Crippen molar-refractivity contribution in [2.24, 2.45) is 5.92 Å². The number of methoxy groups -OCH3 is 1. The molecule has 3 aromatic rings. The third-order valence-corrected chi connectivity index (χ3v) is 5.50. The molecule has 4 rings (SSSR count). The van der Waals surface area contributed by atoms with E-state index in [0.29, 0.717) is 23.6 Å². The summed E-state index contributed by atoms with van der Waals surface area (Å²) in [6, 6.07) is 13.5. The smallest absolute Gasteiger partial charge is 0.387 e. The number of carbonyl (C=O) groups excluding carboxylic acids is 1. The molecule has 1 saturated heterocycles. The minimum absolute atomic E-state index is 0.00675. The van der Waals surface area contributed by atoms with Crippen LogP contribution < -0.4 is 9.47 Å². The summed E-state index contributed by atoms with van der Waals surface area (Å²) in [5.41, 5.74) is 1.03. The van der Waals surface area contributed by atoms with Gasteiger partial charge in [-0.05, 0) is 62.3 Å². The van der Waals surface area contributed by atoms with Gasteiger partial charge in [-0.2, -0.15) is 13.8 Å². The van der Waals surface area contributed by atoms with Gasteiger partial charge in [0.2, 0.25) is 11.7 Å². The number of hydrogen-bond donors (Lipinski definition) is 0. The van der Waals surface area contributed by atoms with Crippen LogP contribution in [-0.2, 0) is 6.54 Å². The van der Waals surface area contributed by atoms with Crippen molar-refractivity contribution in [1.82, 2.24) is 15.0 Å². The number of aromatic nitrogens is 2. The van der Waals surface area contributed by atoms with E-state index in [-0.39, 0.29) is 23.3 Å². The van der Waals surface area contributed by atoms with E-state index in [1.807, 2.05) is 0 Å². The van der Waals surface area contributed by atoms with Gasteiger partial charge in [0.15, 0.2) is 5.78 Å². The maximum atomic E-state index is 12.8. The Bertz CT molecular complexity index is 1050. The number of alkyl halides is 2. The van der Waals surface area contributed by atoms with Gasteiger partial charge in [0.25, 0.3) is 0 Å². The predicted octanol–water partition coefficient (Wildman–Crippen LogP) is 4.44. The average Bonchev–Trinajstić information content (AvgIpc) is 3.27. The fourth-order valence-corrected chi connectivity index (χ4v) is 3.81. The molecular weight excluding hydrogens is 420 g/mol. The zero-order chi connectivity index (χ0) is 22.5. The maximum absolute atomic E-state index is 12.8. The number of ether oxygens (including phenoxy) is 2. The Morgan fingerprint density at radius 3 is 2.56 bits per heavy atom. The van der Waals surface area contributed by atoms with Gasteiger partial charge in [-0.1, -0.05) is 17.3 Å². The molecule has 168 valence electrons. The normalized spacial score (nSPS) is 15.1. The van der Waals surface area contributed by atoms with Crippen molar-refractivity contribution < 1.29 is 27.6 Å². The molecule has 0 spiro atoms. The first-order valence-electron chi connectivity index (χ1n) is 10.3. The van der Waals surface area contributed by atoms with Crippen molar-refractivity contribution in [3.05, 3.63) is 60.0 Å². The second-order valence-corrected chi connectivity index (χ2v) is 7.53. The van der Waals surface area contributed by atoms with Crippen molar-refractivity contribution in [2.75, 3.05) is 20.2 Å². The monoisotopic (exact) mass is 443 g/mol. The molecule has 0 aliphatic carbocycles. The summed E-state index contributed by atoms with van der Waals surface area (Å²) in [5, 5.41) is 3.91. The lowest BCUT2D eigenvalue weighted by atomic mass is 9.89. The highest BCUT2D eigenvalue weighted by molar-refractivity contribution is 5.98. The number of halogens is 2. The van der Waals surface area contributed by atoms with Gasteiger partial charge in [-0.25, -0.2) is 0 Å². The van der Waals surface area contributed by atoms with Gasteiger partial charge < -0.3 is 14.0 Å². The molecule has 1 fully saturated rings. The minimum Gasteiger partial charge on any atom is -0.497 e. The second kappa shape index (κ2) is 9.86. The Balaban J connectivity index is 1.34. The first-order valence-corrected chi connectivity index (χ1v) is 10.3. The van der Waals surface area contributed by atoms with E-state index in [4.69, 9.17) is 9.26 Å². The van der Waals surface area contributed by atoms with Crippen LogP contribution in [-0.4, -0.2) is 47.6 Å². The Labute approximate surface area is 183 Å². The molecule has 0 amide bonds. The quantitative estimate of drug-likeness (QED) is 0.476. The van der Waals surface area contributed by atoms with Crippen molar-refractivity contribution in [1.29, 1.82) is 0 Å². The Morgan fingerprint density at radius 1 is 1.16 bits per heavy atom. The van der Waals surface area contributed by atoms with Gasteiger partial charge in [0.05, 0.1) is 19.2 Å². The van der Waals surface area contributed by atoms with Crippen LogP contribution in [0.5, 0.6) is 11.5 Å². The molecule has 0 unspecified atom stereocenters. The first-order chi connectivity index (χ1) is 15.5. The summed E-state index contributed by atoms with van der Waals surface area (Å²) < 4.78 is 40.3. The van der Waals surface area contributed by atoms with Crippen molar-refractivity contribution in [2.45, 2.75) is 26.0 Å². The number of piperidine rings is 1. The van der Waals surface area contributed by atoms with E-state index in [9.17, 15) is 13.6 Å². The lowest BCUT2D eigenvalue weighted by Crippen LogP contribution is -2.36. The van der Waals surface area contributed by atoms with E-state index < -0.39 is 6.61 Å². The Kier molecular flexibility index (Phi) is 6.75. The summed E-state index contributed by atoms with van der Waals surface area (Å²) in [6.07, 6.45) is 1.47. The Morgan fingerprint density at radius 2 is 1.88 bits per heavy atom. The molecular formula is C23H23F2N3O4. The fourth-order valence-electron chi connectivity index (χ4n) is 3.81. The second-order valence-electron chi connectivity index (χ2n) is 7.53. The maximum Gasteiger partial charge on any atom is 0.387 e. The number of rotatable bonds is 8. The molecule has 0 N–H and O–H groups in total. The average molecular weight is 443 g/mol. The zero-order valence-corrected chi connectivity index (χ0v) is 17.5. The summed E-state index contributed by atoms with van der Waals surface area (Å²) in [4.78, 5) is 19.2. The van der Waals surface area contributed by atoms with E-state index in [1.54, 1.807) is 49.6 Å². The highest BCUT2D eigenvalue weighted by atomic mass is 19.3. The van der Waals surface area contributed by atoms with E-state index in [0.717, 1.165) is 31.7 Å². The number of ketones is 1. The van der Waals surface area contributed by atoms with Crippen LogP contribution in [0.25, 0.3) is 11.4 Å². The first kappa shape index (κ1) is 21.9. The molecule has 1 aliphatic heterocycles. The number of nitrogens with zero attached hydrogens (tertiary/aromatic N) is 3. The molecule has 7 nitrogen and oxygen atoms in total. The van der Waals surface area contributed by atoms with Crippen LogP contribution in [0, 0.1) is 5.92 Å².